The Hall–Kier alpha value is -3.47. The molecule has 0 radical (unpaired) electrons. The lowest BCUT2D eigenvalue weighted by atomic mass is 9.97. The number of anilines is 1. The third kappa shape index (κ3) is 4.28. The van der Waals surface area contributed by atoms with Crippen molar-refractivity contribution < 1.29 is 14.3 Å². The van der Waals surface area contributed by atoms with E-state index in [0.717, 1.165) is 23.1 Å². The van der Waals surface area contributed by atoms with Crippen LogP contribution in [0.5, 0.6) is 0 Å². The molecule has 1 fully saturated rings. The highest BCUT2D eigenvalue weighted by Crippen LogP contribution is 2.30. The third-order valence-electron chi connectivity index (χ3n) is 6.31. The van der Waals surface area contributed by atoms with Gasteiger partial charge in [0.15, 0.2) is 6.10 Å². The first kappa shape index (κ1) is 21.4. The molecule has 1 amide bonds. The summed E-state index contributed by atoms with van der Waals surface area (Å²) in [6, 6.07) is 18.0. The number of pyridine rings is 1. The minimum absolute atomic E-state index is 0.122. The fraction of sp³-hybridized carbons (Fsp3) is 0.346. The lowest BCUT2D eigenvalue weighted by molar-refractivity contribution is -0.138. The van der Waals surface area contributed by atoms with Gasteiger partial charge in [-0.15, -0.1) is 0 Å². The predicted molar refractivity (Wildman–Crippen MR) is 125 cm³/mol. The van der Waals surface area contributed by atoms with Gasteiger partial charge < -0.3 is 19.7 Å². The number of fused-ring (bicyclic) bond motifs is 2. The molecule has 3 heterocycles. The van der Waals surface area contributed by atoms with E-state index in [0.29, 0.717) is 37.3 Å². The van der Waals surface area contributed by atoms with Gasteiger partial charge in [-0.2, -0.15) is 5.26 Å². The molecule has 2 aliphatic rings. The molecule has 33 heavy (non-hydrogen) atoms. The van der Waals surface area contributed by atoms with E-state index in [2.05, 4.69) is 33.4 Å². The summed E-state index contributed by atoms with van der Waals surface area (Å²) in [6.45, 7) is 4.11. The fourth-order valence-corrected chi connectivity index (χ4v) is 4.77. The Kier molecular flexibility index (Phi) is 5.95. The maximum atomic E-state index is 13.1. The highest BCUT2D eigenvalue weighted by molar-refractivity contribution is 5.95. The second kappa shape index (κ2) is 9.18. The van der Waals surface area contributed by atoms with Crippen LogP contribution in [0.25, 0.3) is 10.9 Å². The van der Waals surface area contributed by atoms with E-state index in [1.54, 1.807) is 12.3 Å². The predicted octanol–water partition coefficient (Wildman–Crippen LogP) is 3.13. The van der Waals surface area contributed by atoms with Gasteiger partial charge in [-0.25, -0.2) is 0 Å². The molecule has 1 N–H and O–H groups in total. The monoisotopic (exact) mass is 442 g/mol. The van der Waals surface area contributed by atoms with Crippen molar-refractivity contribution in [1.29, 1.82) is 5.26 Å². The second-order valence-corrected chi connectivity index (χ2v) is 8.54. The maximum Gasteiger partial charge on any atom is 0.251 e. The van der Waals surface area contributed by atoms with Gasteiger partial charge in [-0.3, -0.25) is 9.78 Å². The highest BCUT2D eigenvalue weighted by atomic mass is 16.5. The van der Waals surface area contributed by atoms with E-state index in [1.165, 1.54) is 5.56 Å². The lowest BCUT2D eigenvalue weighted by Crippen LogP contribution is -2.53. The molecule has 1 unspecified atom stereocenters. The van der Waals surface area contributed by atoms with Crippen LogP contribution in [0.15, 0.2) is 54.7 Å². The molecule has 2 aromatic carbocycles. The van der Waals surface area contributed by atoms with Gasteiger partial charge in [0.25, 0.3) is 5.91 Å². The Morgan fingerprint density at radius 3 is 2.97 bits per heavy atom. The Morgan fingerprint density at radius 1 is 1.21 bits per heavy atom. The number of nitrogens with zero attached hydrogens (tertiary/aromatic N) is 3. The van der Waals surface area contributed by atoms with Gasteiger partial charge >= 0.3 is 0 Å². The number of hydrogen-bond acceptors (Lipinski definition) is 6. The van der Waals surface area contributed by atoms with Crippen LogP contribution in [0.1, 0.15) is 29.7 Å². The molecule has 1 saturated heterocycles. The third-order valence-corrected chi connectivity index (χ3v) is 6.31. The summed E-state index contributed by atoms with van der Waals surface area (Å²) in [5.74, 6) is -0.144. The van der Waals surface area contributed by atoms with Crippen molar-refractivity contribution in [2.45, 2.75) is 31.7 Å². The number of carbonyl (C=O) groups excluding carboxylic acids is 1. The van der Waals surface area contributed by atoms with Gasteiger partial charge in [0.05, 0.1) is 30.3 Å². The van der Waals surface area contributed by atoms with Crippen LogP contribution < -0.4 is 10.2 Å². The summed E-state index contributed by atoms with van der Waals surface area (Å²) >= 11 is 0. The Bertz CT molecular complexity index is 1220. The minimum Gasteiger partial charge on any atom is -0.371 e. The van der Waals surface area contributed by atoms with Crippen LogP contribution in [0, 0.1) is 11.3 Å². The minimum atomic E-state index is -0.602. The van der Waals surface area contributed by atoms with Gasteiger partial charge in [0, 0.05) is 30.4 Å². The zero-order valence-corrected chi connectivity index (χ0v) is 18.5. The van der Waals surface area contributed by atoms with Crippen LogP contribution in [-0.4, -0.2) is 49.3 Å². The molecule has 0 aliphatic carbocycles. The molecule has 0 spiro atoms. The molecule has 5 rings (SSSR count). The normalized spacial score (nSPS) is 22.4. The smallest absolute Gasteiger partial charge is 0.251 e. The number of hydrogen-bond donors (Lipinski definition) is 1. The number of benzene rings is 2. The standard InChI is InChI=1S/C26H26N4O3/c1-17-15-30(22-9-8-19(13-27)25-21(22)7-4-11-28-25)16-24(33-17)26(31)29-14-23-20-6-3-2-5-18(20)10-12-32-23/h2-9,11,17,23-24H,10,12,14-16H2,1H3,(H,29,31)/t17-,23?,24-/m1/s1. The number of ether oxygens (including phenoxy) is 2. The van der Waals surface area contributed by atoms with E-state index in [9.17, 15) is 10.1 Å². The zero-order valence-electron chi connectivity index (χ0n) is 18.5. The molecule has 0 saturated carbocycles. The average Bonchev–Trinajstić information content (AvgIpc) is 2.86. The Balaban J connectivity index is 1.32. The van der Waals surface area contributed by atoms with Crippen LogP contribution in [0.3, 0.4) is 0 Å². The molecule has 3 aromatic rings. The average molecular weight is 443 g/mol. The lowest BCUT2D eigenvalue weighted by Gasteiger charge is -2.38. The van der Waals surface area contributed by atoms with Crippen molar-refractivity contribution in [2.24, 2.45) is 0 Å². The summed E-state index contributed by atoms with van der Waals surface area (Å²) in [6.07, 6.45) is 1.71. The SMILES string of the molecule is C[C@@H]1CN(c2ccc(C#N)c3ncccc23)C[C@H](C(=O)NCC2OCCc3ccccc32)O1. The zero-order chi connectivity index (χ0) is 22.8. The maximum absolute atomic E-state index is 13.1. The number of carbonyl (C=O) groups is 1. The number of rotatable bonds is 4. The molecular formula is C26H26N4O3. The van der Waals surface area contributed by atoms with E-state index in [-0.39, 0.29) is 18.1 Å². The highest BCUT2D eigenvalue weighted by Gasteiger charge is 2.32. The van der Waals surface area contributed by atoms with Crippen LogP contribution >= 0.6 is 0 Å². The van der Waals surface area contributed by atoms with E-state index < -0.39 is 6.10 Å². The largest absolute Gasteiger partial charge is 0.371 e. The summed E-state index contributed by atoms with van der Waals surface area (Å²) < 4.78 is 11.9. The summed E-state index contributed by atoms with van der Waals surface area (Å²) in [7, 11) is 0. The molecule has 168 valence electrons. The first-order chi connectivity index (χ1) is 16.1. The first-order valence-corrected chi connectivity index (χ1v) is 11.3. The van der Waals surface area contributed by atoms with Gasteiger partial charge in [-0.1, -0.05) is 24.3 Å². The van der Waals surface area contributed by atoms with Gasteiger partial charge in [0.2, 0.25) is 0 Å². The topological polar surface area (TPSA) is 87.5 Å². The molecular weight excluding hydrogens is 416 g/mol. The van der Waals surface area contributed by atoms with Gasteiger partial charge in [-0.05, 0) is 48.7 Å². The summed E-state index contributed by atoms with van der Waals surface area (Å²) in [4.78, 5) is 19.6. The fourth-order valence-electron chi connectivity index (χ4n) is 4.77. The molecule has 2 aliphatic heterocycles. The van der Waals surface area contributed by atoms with Crippen molar-refractivity contribution in [1.82, 2.24) is 10.3 Å². The van der Waals surface area contributed by atoms with Crippen molar-refractivity contribution in [3.8, 4) is 6.07 Å². The molecule has 1 aromatic heterocycles. The van der Waals surface area contributed by atoms with Crippen molar-refractivity contribution in [2.75, 3.05) is 31.1 Å². The van der Waals surface area contributed by atoms with E-state index >= 15 is 0 Å². The molecule has 3 atom stereocenters. The van der Waals surface area contributed by atoms with Crippen molar-refractivity contribution in [3.63, 3.8) is 0 Å². The number of nitrogens with one attached hydrogen (secondary N) is 1. The van der Waals surface area contributed by atoms with Crippen molar-refractivity contribution >= 4 is 22.5 Å². The Labute approximate surface area is 192 Å². The number of morpholine rings is 1. The van der Waals surface area contributed by atoms with Crippen LogP contribution in [0.4, 0.5) is 5.69 Å². The second-order valence-electron chi connectivity index (χ2n) is 8.54. The van der Waals surface area contributed by atoms with Crippen molar-refractivity contribution in [3.05, 3.63) is 71.4 Å². The number of aromatic nitrogens is 1. The summed E-state index contributed by atoms with van der Waals surface area (Å²) in [5, 5.41) is 13.4. The first-order valence-electron chi connectivity index (χ1n) is 11.3. The molecule has 7 nitrogen and oxygen atoms in total. The number of amides is 1. The molecule has 7 heteroatoms. The summed E-state index contributed by atoms with van der Waals surface area (Å²) in [5.41, 5.74) is 4.58. The van der Waals surface area contributed by atoms with Crippen LogP contribution in [-0.2, 0) is 20.7 Å². The van der Waals surface area contributed by atoms with E-state index in [1.807, 2.05) is 37.3 Å². The van der Waals surface area contributed by atoms with Gasteiger partial charge in [0.1, 0.15) is 12.2 Å². The van der Waals surface area contributed by atoms with Crippen LogP contribution in [0.2, 0.25) is 0 Å². The van der Waals surface area contributed by atoms with E-state index in [4.69, 9.17) is 9.47 Å². The molecule has 0 bridgehead atoms. The quantitative estimate of drug-likeness (QED) is 0.668. The Morgan fingerprint density at radius 2 is 2.09 bits per heavy atom. The number of nitriles is 1.